The Morgan fingerprint density at radius 2 is 1.48 bits per heavy atom. The molecule has 0 amide bonds. The molecule has 0 aromatic rings. The maximum atomic E-state index is 12.4. The first-order valence-corrected chi connectivity index (χ1v) is 7.62. The monoisotopic (exact) mass is 296 g/mol. The van der Waals surface area contributed by atoms with Crippen molar-refractivity contribution < 1.29 is 19.1 Å². The molecule has 0 aromatic heterocycles. The van der Waals surface area contributed by atoms with E-state index >= 15 is 0 Å². The van der Waals surface area contributed by atoms with Crippen molar-refractivity contribution in [1.82, 2.24) is 0 Å². The number of allylic oxidation sites excluding steroid dienone is 2. The molecule has 1 atom stereocenters. The zero-order valence-electron chi connectivity index (χ0n) is 14.1. The second kappa shape index (κ2) is 6.63. The van der Waals surface area contributed by atoms with Crippen LogP contribution < -0.4 is 0 Å². The summed E-state index contributed by atoms with van der Waals surface area (Å²) >= 11 is 0. The van der Waals surface area contributed by atoms with Crippen LogP contribution in [0.15, 0.2) is 12.2 Å². The van der Waals surface area contributed by atoms with Crippen LogP contribution in [0.1, 0.15) is 60.8 Å². The van der Waals surface area contributed by atoms with Gasteiger partial charge in [0.1, 0.15) is 11.2 Å². The molecule has 1 rings (SSSR count). The summed E-state index contributed by atoms with van der Waals surface area (Å²) in [5.41, 5.74) is -1.23. The Morgan fingerprint density at radius 1 is 1.00 bits per heavy atom. The quantitative estimate of drug-likeness (QED) is 0.453. The van der Waals surface area contributed by atoms with Crippen LogP contribution >= 0.6 is 0 Å². The summed E-state index contributed by atoms with van der Waals surface area (Å²) in [6.07, 6.45) is 6.74. The number of esters is 2. The Kier molecular flexibility index (Phi) is 5.60. The van der Waals surface area contributed by atoms with Crippen LogP contribution in [0.25, 0.3) is 0 Å². The summed E-state index contributed by atoms with van der Waals surface area (Å²) in [5, 5.41) is 0. The molecule has 120 valence electrons. The molecule has 4 nitrogen and oxygen atoms in total. The summed E-state index contributed by atoms with van der Waals surface area (Å²) in [4.78, 5) is 24.9. The summed E-state index contributed by atoms with van der Waals surface area (Å²) in [7, 11) is 0. The lowest BCUT2D eigenvalue weighted by Crippen LogP contribution is -2.40. The number of ether oxygens (including phenoxy) is 2. The SMILES string of the molecule is CC(C)(C)OC(=O)C(C(=O)OC(C)(C)C)C1C=CCCC1. The van der Waals surface area contributed by atoms with Crippen molar-refractivity contribution in [3.8, 4) is 0 Å². The number of hydrogen-bond acceptors (Lipinski definition) is 4. The fourth-order valence-corrected chi connectivity index (χ4v) is 2.29. The molecule has 4 heteroatoms. The van der Waals surface area contributed by atoms with Crippen molar-refractivity contribution in [2.24, 2.45) is 11.8 Å². The van der Waals surface area contributed by atoms with Gasteiger partial charge in [0.25, 0.3) is 0 Å². The molecular weight excluding hydrogens is 268 g/mol. The topological polar surface area (TPSA) is 52.6 Å². The maximum absolute atomic E-state index is 12.4. The smallest absolute Gasteiger partial charge is 0.321 e. The van der Waals surface area contributed by atoms with Gasteiger partial charge in [0.05, 0.1) is 0 Å². The molecule has 0 bridgehead atoms. The summed E-state index contributed by atoms with van der Waals surface area (Å²) < 4.78 is 10.8. The second-order valence-corrected chi connectivity index (χ2v) is 7.57. The highest BCUT2D eigenvalue weighted by atomic mass is 16.6. The normalized spacial score (nSPS) is 19.5. The van der Waals surface area contributed by atoms with Gasteiger partial charge in [-0.1, -0.05) is 12.2 Å². The van der Waals surface area contributed by atoms with Gasteiger partial charge < -0.3 is 9.47 Å². The lowest BCUT2D eigenvalue weighted by Gasteiger charge is -2.30. The van der Waals surface area contributed by atoms with Crippen molar-refractivity contribution in [1.29, 1.82) is 0 Å². The van der Waals surface area contributed by atoms with E-state index in [-0.39, 0.29) is 5.92 Å². The average molecular weight is 296 g/mol. The first-order chi connectivity index (χ1) is 9.49. The van der Waals surface area contributed by atoms with Gasteiger partial charge in [-0.2, -0.15) is 0 Å². The summed E-state index contributed by atoms with van der Waals surface area (Å²) in [6, 6.07) is 0. The molecule has 0 saturated carbocycles. The largest absolute Gasteiger partial charge is 0.459 e. The van der Waals surface area contributed by atoms with Gasteiger partial charge in [-0.3, -0.25) is 9.59 Å². The predicted octanol–water partition coefficient (Wildman–Crippen LogP) is 3.64. The van der Waals surface area contributed by atoms with Crippen molar-refractivity contribution >= 4 is 11.9 Å². The van der Waals surface area contributed by atoms with E-state index in [1.807, 2.05) is 12.2 Å². The van der Waals surface area contributed by atoms with Crippen LogP contribution in [-0.4, -0.2) is 23.1 Å². The molecule has 1 aliphatic carbocycles. The minimum atomic E-state index is -0.875. The van der Waals surface area contributed by atoms with E-state index in [0.29, 0.717) is 0 Å². The van der Waals surface area contributed by atoms with Crippen LogP contribution in [-0.2, 0) is 19.1 Å². The number of carbonyl (C=O) groups excluding carboxylic acids is 2. The van der Waals surface area contributed by atoms with Crippen molar-refractivity contribution in [3.63, 3.8) is 0 Å². The highest BCUT2D eigenvalue weighted by Gasteiger charge is 2.39. The van der Waals surface area contributed by atoms with Crippen LogP contribution in [0.2, 0.25) is 0 Å². The fraction of sp³-hybridized carbons (Fsp3) is 0.765. The Hall–Kier alpha value is -1.32. The van der Waals surface area contributed by atoms with Gasteiger partial charge in [-0.25, -0.2) is 0 Å². The molecule has 1 unspecified atom stereocenters. The van der Waals surface area contributed by atoms with E-state index in [2.05, 4.69) is 0 Å². The summed E-state index contributed by atoms with van der Waals surface area (Å²) in [5.74, 6) is -2.00. The standard InChI is InChI=1S/C17H28O4/c1-16(2,3)20-14(18)13(12-10-8-7-9-11-12)15(19)21-17(4,5)6/h8,10,12-13H,7,9,11H2,1-6H3. The Labute approximate surface area is 127 Å². The highest BCUT2D eigenvalue weighted by Crippen LogP contribution is 2.29. The maximum Gasteiger partial charge on any atom is 0.321 e. The Bertz CT molecular complexity index is 381. The van der Waals surface area contributed by atoms with Crippen LogP contribution in [0.5, 0.6) is 0 Å². The Balaban J connectivity index is 2.93. The third-order valence-electron chi connectivity index (χ3n) is 3.04. The third-order valence-corrected chi connectivity index (χ3v) is 3.04. The van der Waals surface area contributed by atoms with E-state index in [9.17, 15) is 9.59 Å². The van der Waals surface area contributed by atoms with E-state index in [0.717, 1.165) is 19.3 Å². The minimum absolute atomic E-state index is 0.136. The lowest BCUT2D eigenvalue weighted by atomic mass is 9.84. The highest BCUT2D eigenvalue weighted by molar-refractivity contribution is 5.95. The van der Waals surface area contributed by atoms with Gasteiger partial charge in [0, 0.05) is 5.92 Å². The molecule has 0 heterocycles. The Morgan fingerprint density at radius 3 is 1.81 bits per heavy atom. The van der Waals surface area contributed by atoms with Crippen LogP contribution in [0, 0.1) is 11.8 Å². The van der Waals surface area contributed by atoms with Crippen LogP contribution in [0.4, 0.5) is 0 Å². The van der Waals surface area contributed by atoms with Gasteiger partial charge in [-0.15, -0.1) is 0 Å². The fourth-order valence-electron chi connectivity index (χ4n) is 2.29. The first kappa shape index (κ1) is 17.7. The molecule has 1 aliphatic rings. The van der Waals surface area contributed by atoms with E-state index in [1.54, 1.807) is 41.5 Å². The molecule has 0 fully saturated rings. The predicted molar refractivity (Wildman–Crippen MR) is 81.7 cm³/mol. The molecule has 21 heavy (non-hydrogen) atoms. The zero-order chi connectivity index (χ0) is 16.3. The van der Waals surface area contributed by atoms with Gasteiger partial charge >= 0.3 is 11.9 Å². The lowest BCUT2D eigenvalue weighted by molar-refractivity contribution is -0.176. The average Bonchev–Trinajstić information content (AvgIpc) is 2.25. The first-order valence-electron chi connectivity index (χ1n) is 7.62. The number of hydrogen-bond donors (Lipinski definition) is 0. The van der Waals surface area contributed by atoms with Gasteiger partial charge in [0.2, 0.25) is 0 Å². The van der Waals surface area contributed by atoms with Gasteiger partial charge in [0.15, 0.2) is 5.92 Å². The molecule has 0 N–H and O–H groups in total. The molecular formula is C17H28O4. The van der Waals surface area contributed by atoms with Crippen molar-refractivity contribution in [3.05, 3.63) is 12.2 Å². The zero-order valence-corrected chi connectivity index (χ0v) is 14.1. The van der Waals surface area contributed by atoms with Gasteiger partial charge in [-0.05, 0) is 60.8 Å². The van der Waals surface area contributed by atoms with Crippen molar-refractivity contribution in [2.45, 2.75) is 72.0 Å². The molecule has 0 spiro atoms. The molecule has 0 radical (unpaired) electrons. The second-order valence-electron chi connectivity index (χ2n) is 7.57. The number of carbonyl (C=O) groups is 2. The van der Waals surface area contributed by atoms with E-state index in [1.165, 1.54) is 0 Å². The molecule has 0 saturated heterocycles. The number of rotatable bonds is 3. The molecule has 0 aliphatic heterocycles. The van der Waals surface area contributed by atoms with E-state index in [4.69, 9.17) is 9.47 Å². The van der Waals surface area contributed by atoms with Crippen molar-refractivity contribution in [2.75, 3.05) is 0 Å². The van der Waals surface area contributed by atoms with E-state index < -0.39 is 29.1 Å². The van der Waals surface area contributed by atoms with Crippen LogP contribution in [0.3, 0.4) is 0 Å². The third kappa shape index (κ3) is 6.32. The summed E-state index contributed by atoms with van der Waals surface area (Å²) in [6.45, 7) is 10.8. The molecule has 0 aromatic carbocycles. The minimum Gasteiger partial charge on any atom is -0.459 e.